The lowest BCUT2D eigenvalue weighted by atomic mass is 10.3. The van der Waals surface area contributed by atoms with Crippen LogP contribution in [0.15, 0.2) is 30.3 Å². The third kappa shape index (κ3) is 8.49. The van der Waals surface area contributed by atoms with E-state index < -0.39 is 7.82 Å². The molecule has 0 saturated heterocycles. The smallest absolute Gasteiger partial charge is 0.404 e. The molecule has 2 atom stereocenters. The molecule has 2 unspecified atom stereocenters. The lowest BCUT2D eigenvalue weighted by Gasteiger charge is -2.20. The number of para-hydroxylation sites is 1. The summed E-state index contributed by atoms with van der Waals surface area (Å²) in [6, 6.07) is 8.82. The molecule has 0 aliphatic rings. The fourth-order valence-corrected chi connectivity index (χ4v) is 3.47. The Morgan fingerprint density at radius 1 is 0.952 bits per heavy atom. The molecule has 120 valence electrons. The zero-order chi connectivity index (χ0) is 15.7. The van der Waals surface area contributed by atoms with Gasteiger partial charge in [0.05, 0.1) is 13.2 Å². The Balaban J connectivity index is 2.70. The lowest BCUT2D eigenvalue weighted by Crippen LogP contribution is -2.15. The summed E-state index contributed by atoms with van der Waals surface area (Å²) in [5, 5.41) is 1.33. The van der Waals surface area contributed by atoms with E-state index in [1.165, 1.54) is 0 Å². The molecule has 0 N–H and O–H groups in total. The van der Waals surface area contributed by atoms with Crippen molar-refractivity contribution in [1.82, 2.24) is 0 Å². The molecule has 21 heavy (non-hydrogen) atoms. The average Bonchev–Trinajstić information content (AvgIpc) is 2.51. The minimum Gasteiger partial charge on any atom is -0.404 e. The highest BCUT2D eigenvalue weighted by molar-refractivity contribution is 9.12. The first-order valence-electron chi connectivity index (χ1n) is 6.03. The zero-order valence-electron chi connectivity index (χ0n) is 11.0. The first-order chi connectivity index (χ1) is 9.99. The van der Waals surface area contributed by atoms with Crippen LogP contribution in [0.5, 0.6) is 5.75 Å². The quantitative estimate of drug-likeness (QED) is 0.273. The Hall–Kier alpha value is 1.09. The molecule has 0 fully saturated rings. The fraction of sp³-hybridized carbons (Fsp3) is 0.500. The summed E-state index contributed by atoms with van der Waals surface area (Å²) in [5.41, 5.74) is 0. The van der Waals surface area contributed by atoms with Crippen molar-refractivity contribution in [2.45, 2.75) is 9.65 Å². The van der Waals surface area contributed by atoms with Gasteiger partial charge in [0, 0.05) is 20.3 Å². The van der Waals surface area contributed by atoms with E-state index in [2.05, 4.69) is 63.7 Å². The molecule has 0 heterocycles. The van der Waals surface area contributed by atoms with E-state index in [1.54, 1.807) is 24.3 Å². The van der Waals surface area contributed by atoms with Crippen molar-refractivity contribution in [1.29, 1.82) is 0 Å². The molecule has 1 rings (SSSR count). The van der Waals surface area contributed by atoms with Crippen LogP contribution < -0.4 is 4.52 Å². The SMILES string of the molecule is O=P(OCC(Br)CBr)(OCC(Br)CBr)Oc1ccccc1. The second kappa shape index (κ2) is 10.8. The van der Waals surface area contributed by atoms with Crippen LogP contribution in [0.25, 0.3) is 0 Å². The molecule has 0 bridgehead atoms. The maximum absolute atomic E-state index is 12.7. The molecule has 0 aliphatic heterocycles. The summed E-state index contributed by atoms with van der Waals surface area (Å²) in [7, 11) is -3.68. The standard InChI is InChI=1S/C12H15Br4O4P/c13-6-10(15)8-18-21(17,19-9-11(16)7-14)20-12-4-2-1-3-5-12/h1-5,10-11H,6-9H2. The molecule has 0 spiro atoms. The molecular weight excluding hydrogens is 559 g/mol. The Kier molecular flexibility index (Phi) is 10.3. The average molecular weight is 574 g/mol. The van der Waals surface area contributed by atoms with Crippen molar-refractivity contribution in [3.05, 3.63) is 30.3 Å². The Morgan fingerprint density at radius 3 is 1.86 bits per heavy atom. The number of hydrogen-bond acceptors (Lipinski definition) is 4. The van der Waals surface area contributed by atoms with Gasteiger partial charge in [0.2, 0.25) is 0 Å². The van der Waals surface area contributed by atoms with Gasteiger partial charge >= 0.3 is 7.82 Å². The zero-order valence-corrected chi connectivity index (χ0v) is 18.2. The van der Waals surface area contributed by atoms with Crippen LogP contribution in [0.2, 0.25) is 0 Å². The number of halogens is 4. The van der Waals surface area contributed by atoms with Crippen molar-refractivity contribution in [3.63, 3.8) is 0 Å². The topological polar surface area (TPSA) is 44.8 Å². The van der Waals surface area contributed by atoms with Crippen LogP contribution in [-0.2, 0) is 13.6 Å². The normalized spacial score (nSPS) is 17.0. The molecule has 9 heteroatoms. The third-order valence-electron chi connectivity index (χ3n) is 2.12. The van der Waals surface area contributed by atoms with E-state index in [0.29, 0.717) is 16.4 Å². The van der Waals surface area contributed by atoms with E-state index in [9.17, 15) is 4.57 Å². The van der Waals surface area contributed by atoms with Gasteiger partial charge in [0.1, 0.15) is 5.75 Å². The molecular formula is C12H15Br4O4P. The molecule has 1 aromatic carbocycles. The van der Waals surface area contributed by atoms with Crippen molar-refractivity contribution < 1.29 is 18.1 Å². The molecule has 0 saturated carbocycles. The number of phosphoric acid groups is 1. The minimum atomic E-state index is -3.68. The van der Waals surface area contributed by atoms with Crippen molar-refractivity contribution in [2.24, 2.45) is 0 Å². The van der Waals surface area contributed by atoms with Crippen molar-refractivity contribution >= 4 is 71.5 Å². The summed E-state index contributed by atoms with van der Waals surface area (Å²) >= 11 is 13.4. The maximum atomic E-state index is 12.7. The van der Waals surface area contributed by atoms with Gasteiger partial charge in [-0.15, -0.1) is 0 Å². The molecule has 1 aromatic rings. The van der Waals surface area contributed by atoms with Crippen LogP contribution in [-0.4, -0.2) is 33.5 Å². The summed E-state index contributed by atoms with van der Waals surface area (Å²) in [4.78, 5) is 0.0366. The van der Waals surface area contributed by atoms with Gasteiger partial charge in [0.15, 0.2) is 0 Å². The summed E-state index contributed by atoms with van der Waals surface area (Å²) < 4.78 is 28.9. The minimum absolute atomic E-state index is 0.0183. The number of alkyl halides is 4. The van der Waals surface area contributed by atoms with Crippen LogP contribution in [0.4, 0.5) is 0 Å². The second-order valence-electron chi connectivity index (χ2n) is 3.95. The van der Waals surface area contributed by atoms with Gasteiger partial charge < -0.3 is 4.52 Å². The van der Waals surface area contributed by atoms with E-state index in [-0.39, 0.29) is 22.9 Å². The van der Waals surface area contributed by atoms with E-state index >= 15 is 0 Å². The third-order valence-corrected chi connectivity index (χ3v) is 7.96. The van der Waals surface area contributed by atoms with Crippen LogP contribution >= 0.6 is 71.5 Å². The van der Waals surface area contributed by atoms with Crippen molar-refractivity contribution in [3.8, 4) is 5.75 Å². The molecule has 4 nitrogen and oxygen atoms in total. The summed E-state index contributed by atoms with van der Waals surface area (Å²) in [6.45, 7) is 0.410. The van der Waals surface area contributed by atoms with Gasteiger partial charge in [-0.05, 0) is 12.1 Å². The van der Waals surface area contributed by atoms with Gasteiger partial charge in [-0.1, -0.05) is 81.9 Å². The largest absolute Gasteiger partial charge is 0.530 e. The highest BCUT2D eigenvalue weighted by Gasteiger charge is 2.30. The molecule has 0 radical (unpaired) electrons. The van der Waals surface area contributed by atoms with E-state index in [4.69, 9.17) is 13.6 Å². The van der Waals surface area contributed by atoms with Crippen LogP contribution in [0, 0.1) is 0 Å². The highest BCUT2D eigenvalue weighted by Crippen LogP contribution is 2.50. The lowest BCUT2D eigenvalue weighted by molar-refractivity contribution is 0.160. The van der Waals surface area contributed by atoms with Crippen LogP contribution in [0.3, 0.4) is 0 Å². The number of phosphoric ester groups is 1. The van der Waals surface area contributed by atoms with Gasteiger partial charge in [-0.25, -0.2) is 4.57 Å². The number of benzene rings is 1. The van der Waals surface area contributed by atoms with Gasteiger partial charge in [-0.3, -0.25) is 9.05 Å². The Morgan fingerprint density at radius 2 is 1.43 bits per heavy atom. The molecule has 0 amide bonds. The highest BCUT2D eigenvalue weighted by atomic mass is 79.9. The van der Waals surface area contributed by atoms with E-state index in [1.807, 2.05) is 6.07 Å². The van der Waals surface area contributed by atoms with Crippen molar-refractivity contribution in [2.75, 3.05) is 23.9 Å². The van der Waals surface area contributed by atoms with Gasteiger partial charge in [0.25, 0.3) is 0 Å². The number of rotatable bonds is 10. The van der Waals surface area contributed by atoms with Gasteiger partial charge in [-0.2, -0.15) is 0 Å². The molecule has 0 aliphatic carbocycles. The fourth-order valence-electron chi connectivity index (χ4n) is 1.13. The first kappa shape index (κ1) is 20.1. The predicted molar refractivity (Wildman–Crippen MR) is 99.6 cm³/mol. The Bertz CT molecular complexity index is 430. The predicted octanol–water partition coefficient (Wildman–Crippen LogP) is 5.52. The number of hydrogen-bond donors (Lipinski definition) is 0. The van der Waals surface area contributed by atoms with E-state index in [0.717, 1.165) is 0 Å². The Labute approximate surface area is 158 Å². The first-order valence-corrected chi connectivity index (χ1v) is 11.6. The summed E-state index contributed by atoms with van der Waals surface area (Å²) in [5.74, 6) is 0.441. The maximum Gasteiger partial charge on any atom is 0.530 e. The second-order valence-corrected chi connectivity index (χ2v) is 9.42. The summed E-state index contributed by atoms with van der Waals surface area (Å²) in [6.07, 6.45) is 0. The van der Waals surface area contributed by atoms with Crippen LogP contribution in [0.1, 0.15) is 0 Å². The molecule has 0 aromatic heterocycles. The monoisotopic (exact) mass is 570 g/mol.